The van der Waals surface area contributed by atoms with Gasteiger partial charge in [0.05, 0.1) is 11.3 Å². The van der Waals surface area contributed by atoms with E-state index >= 15 is 0 Å². The van der Waals surface area contributed by atoms with Gasteiger partial charge in [-0.25, -0.2) is 4.39 Å². The van der Waals surface area contributed by atoms with Crippen molar-refractivity contribution in [2.24, 2.45) is 0 Å². The van der Waals surface area contributed by atoms with Crippen LogP contribution in [-0.4, -0.2) is 5.54 Å². The van der Waals surface area contributed by atoms with E-state index in [2.05, 4.69) is 26.1 Å². The molecule has 1 aromatic rings. The van der Waals surface area contributed by atoms with Crippen molar-refractivity contribution >= 4 is 5.69 Å². The predicted molar refractivity (Wildman–Crippen MR) is 68.3 cm³/mol. The number of hydrogen-bond donors (Lipinski definition) is 1. The van der Waals surface area contributed by atoms with Crippen molar-refractivity contribution in [1.29, 1.82) is 5.26 Å². The Bertz CT molecular complexity index is 408. The number of rotatable bonds is 5. The molecule has 1 rings (SSSR count). The van der Waals surface area contributed by atoms with Crippen LogP contribution in [0.15, 0.2) is 18.2 Å². The molecule has 3 heteroatoms. The lowest BCUT2D eigenvalue weighted by atomic mass is 9.89. The molecule has 0 saturated carbocycles. The third-order valence-electron chi connectivity index (χ3n) is 3.53. The van der Waals surface area contributed by atoms with Gasteiger partial charge in [0.1, 0.15) is 11.9 Å². The van der Waals surface area contributed by atoms with Gasteiger partial charge in [0.25, 0.3) is 0 Å². The lowest BCUT2D eigenvalue weighted by Gasteiger charge is -2.33. The molecule has 1 N–H and O–H groups in total. The number of anilines is 1. The molecular formula is C14H19FN2. The average Bonchev–Trinajstić information content (AvgIpc) is 2.37. The minimum atomic E-state index is -0.373. The van der Waals surface area contributed by atoms with Crippen molar-refractivity contribution in [2.75, 3.05) is 5.32 Å². The van der Waals surface area contributed by atoms with Crippen LogP contribution in [0.2, 0.25) is 0 Å². The minimum Gasteiger partial charge on any atom is -0.379 e. The van der Waals surface area contributed by atoms with Crippen LogP contribution in [0.5, 0.6) is 0 Å². The zero-order chi connectivity index (χ0) is 12.9. The number of nitrogens with zero attached hydrogens (tertiary/aromatic N) is 1. The van der Waals surface area contributed by atoms with E-state index in [9.17, 15) is 4.39 Å². The van der Waals surface area contributed by atoms with Crippen LogP contribution in [-0.2, 0) is 0 Å². The first kappa shape index (κ1) is 13.5. The maximum Gasteiger partial charge on any atom is 0.124 e. The Morgan fingerprint density at radius 3 is 2.29 bits per heavy atom. The lowest BCUT2D eigenvalue weighted by Crippen LogP contribution is -2.36. The van der Waals surface area contributed by atoms with E-state index in [1.807, 2.05) is 6.07 Å². The third-order valence-corrected chi connectivity index (χ3v) is 3.53. The summed E-state index contributed by atoms with van der Waals surface area (Å²) in [6, 6.07) is 6.33. The van der Waals surface area contributed by atoms with E-state index in [-0.39, 0.29) is 11.4 Å². The highest BCUT2D eigenvalue weighted by atomic mass is 19.1. The molecule has 0 radical (unpaired) electrons. The Balaban J connectivity index is 3.06. The maximum absolute atomic E-state index is 13.0. The van der Waals surface area contributed by atoms with Crippen LogP contribution in [0, 0.1) is 17.1 Å². The van der Waals surface area contributed by atoms with Crippen molar-refractivity contribution in [3.8, 4) is 6.07 Å². The molecule has 0 aromatic heterocycles. The average molecular weight is 234 g/mol. The second kappa shape index (κ2) is 5.67. The van der Waals surface area contributed by atoms with Gasteiger partial charge in [-0.1, -0.05) is 20.8 Å². The first-order chi connectivity index (χ1) is 8.10. The molecule has 0 unspecified atom stereocenters. The Morgan fingerprint density at radius 2 is 1.82 bits per heavy atom. The molecule has 0 amide bonds. The van der Waals surface area contributed by atoms with Gasteiger partial charge in [0.15, 0.2) is 0 Å². The van der Waals surface area contributed by atoms with Crippen LogP contribution < -0.4 is 5.32 Å². The van der Waals surface area contributed by atoms with Crippen molar-refractivity contribution in [3.05, 3.63) is 29.6 Å². The Morgan fingerprint density at radius 1 is 1.24 bits per heavy atom. The molecule has 0 heterocycles. The van der Waals surface area contributed by atoms with Crippen LogP contribution in [0.25, 0.3) is 0 Å². The standard InChI is InChI=1S/C14H19FN2/c1-4-14(5-2,6-3)17-13-8-7-12(15)9-11(13)10-16/h7-9,17H,4-6H2,1-3H3. The van der Waals surface area contributed by atoms with Gasteiger partial charge in [-0.15, -0.1) is 0 Å². The van der Waals surface area contributed by atoms with Gasteiger partial charge in [-0.05, 0) is 37.5 Å². The fourth-order valence-electron chi connectivity index (χ4n) is 2.02. The largest absolute Gasteiger partial charge is 0.379 e. The van der Waals surface area contributed by atoms with E-state index in [1.165, 1.54) is 12.1 Å². The van der Waals surface area contributed by atoms with E-state index < -0.39 is 0 Å². The fourth-order valence-corrected chi connectivity index (χ4v) is 2.02. The normalized spacial score (nSPS) is 11.0. The van der Waals surface area contributed by atoms with Crippen LogP contribution in [0.1, 0.15) is 45.6 Å². The first-order valence-electron chi connectivity index (χ1n) is 6.08. The molecule has 0 aliphatic rings. The summed E-state index contributed by atoms with van der Waals surface area (Å²) in [5.74, 6) is -0.373. The number of nitriles is 1. The number of benzene rings is 1. The second-order valence-electron chi connectivity index (χ2n) is 4.27. The van der Waals surface area contributed by atoms with Gasteiger partial charge in [0, 0.05) is 5.54 Å². The van der Waals surface area contributed by atoms with Gasteiger partial charge in [0.2, 0.25) is 0 Å². The van der Waals surface area contributed by atoms with Gasteiger partial charge >= 0.3 is 0 Å². The number of halogens is 1. The molecule has 0 aliphatic carbocycles. The van der Waals surface area contributed by atoms with Gasteiger partial charge in [-0.3, -0.25) is 0 Å². The highest BCUT2D eigenvalue weighted by Crippen LogP contribution is 2.27. The van der Waals surface area contributed by atoms with E-state index in [0.29, 0.717) is 5.56 Å². The third kappa shape index (κ3) is 2.97. The summed E-state index contributed by atoms with van der Waals surface area (Å²) in [7, 11) is 0. The molecule has 0 bridgehead atoms. The zero-order valence-corrected chi connectivity index (χ0v) is 10.7. The highest BCUT2D eigenvalue weighted by Gasteiger charge is 2.24. The monoisotopic (exact) mass is 234 g/mol. The van der Waals surface area contributed by atoms with E-state index in [1.54, 1.807) is 6.07 Å². The summed E-state index contributed by atoms with van der Waals surface area (Å²) in [5, 5.41) is 12.4. The molecule has 0 spiro atoms. The molecule has 1 aromatic carbocycles. The zero-order valence-electron chi connectivity index (χ0n) is 10.7. The summed E-state index contributed by atoms with van der Waals surface area (Å²) >= 11 is 0. The van der Waals surface area contributed by atoms with Crippen LogP contribution in [0.3, 0.4) is 0 Å². The smallest absolute Gasteiger partial charge is 0.124 e. The van der Waals surface area contributed by atoms with Gasteiger partial charge < -0.3 is 5.32 Å². The van der Waals surface area contributed by atoms with Crippen LogP contribution >= 0.6 is 0 Å². The first-order valence-corrected chi connectivity index (χ1v) is 6.08. The summed E-state index contributed by atoms with van der Waals surface area (Å²) in [6.45, 7) is 6.36. The molecule has 2 nitrogen and oxygen atoms in total. The lowest BCUT2D eigenvalue weighted by molar-refractivity contribution is 0.420. The Labute approximate surface area is 102 Å². The SMILES string of the molecule is CCC(CC)(CC)Nc1ccc(F)cc1C#N. The molecule has 0 fully saturated rings. The molecule has 0 aliphatic heterocycles. The van der Waals surface area contributed by atoms with Crippen molar-refractivity contribution < 1.29 is 4.39 Å². The van der Waals surface area contributed by atoms with Crippen LogP contribution in [0.4, 0.5) is 10.1 Å². The van der Waals surface area contributed by atoms with Crippen molar-refractivity contribution in [1.82, 2.24) is 0 Å². The van der Waals surface area contributed by atoms with Crippen molar-refractivity contribution in [3.63, 3.8) is 0 Å². The topological polar surface area (TPSA) is 35.8 Å². The predicted octanol–water partition coefficient (Wildman–Crippen LogP) is 4.08. The fraction of sp³-hybridized carbons (Fsp3) is 0.500. The minimum absolute atomic E-state index is 0.0105. The number of nitrogens with one attached hydrogen (secondary N) is 1. The highest BCUT2D eigenvalue weighted by molar-refractivity contribution is 5.58. The molecular weight excluding hydrogens is 215 g/mol. The molecule has 17 heavy (non-hydrogen) atoms. The Hall–Kier alpha value is -1.56. The maximum atomic E-state index is 13.0. The molecule has 0 atom stereocenters. The Kier molecular flexibility index (Phi) is 4.51. The van der Waals surface area contributed by atoms with Gasteiger partial charge in [-0.2, -0.15) is 5.26 Å². The molecule has 0 saturated heterocycles. The summed E-state index contributed by atoms with van der Waals surface area (Å²) < 4.78 is 13.0. The summed E-state index contributed by atoms with van der Waals surface area (Å²) in [4.78, 5) is 0. The quantitative estimate of drug-likeness (QED) is 0.833. The number of hydrogen-bond acceptors (Lipinski definition) is 2. The van der Waals surface area contributed by atoms with Crippen molar-refractivity contribution in [2.45, 2.75) is 45.6 Å². The summed E-state index contributed by atoms with van der Waals surface area (Å²) in [6.07, 6.45) is 2.92. The summed E-state index contributed by atoms with van der Waals surface area (Å²) in [5.41, 5.74) is 1.08. The second-order valence-corrected chi connectivity index (χ2v) is 4.27. The van der Waals surface area contributed by atoms with E-state index in [0.717, 1.165) is 24.9 Å². The molecule has 92 valence electrons. The van der Waals surface area contributed by atoms with E-state index in [4.69, 9.17) is 5.26 Å².